The lowest BCUT2D eigenvalue weighted by molar-refractivity contribution is 0.00578. The summed E-state index contributed by atoms with van der Waals surface area (Å²) in [6.45, 7) is 9.08. The molecule has 1 saturated heterocycles. The molecule has 30 heavy (non-hydrogen) atoms. The van der Waals surface area contributed by atoms with Gasteiger partial charge in [0.1, 0.15) is 11.5 Å². The smallest absolute Gasteiger partial charge is 0.461 e. The summed E-state index contributed by atoms with van der Waals surface area (Å²) in [5, 5.41) is 7.65. The molecule has 0 radical (unpaired) electrons. The van der Waals surface area contributed by atoms with Gasteiger partial charge in [-0.3, -0.25) is 0 Å². The Labute approximate surface area is 174 Å². The van der Waals surface area contributed by atoms with Crippen molar-refractivity contribution in [2.45, 2.75) is 52.4 Å². The van der Waals surface area contributed by atoms with Gasteiger partial charge in [0.25, 0.3) is 0 Å². The second-order valence-electron chi connectivity index (χ2n) is 7.94. The fraction of sp³-hybridized carbons (Fsp3) is 0.450. The first-order valence-electron chi connectivity index (χ1n) is 9.61. The van der Waals surface area contributed by atoms with Gasteiger partial charge in [0, 0.05) is 5.57 Å². The van der Waals surface area contributed by atoms with Crippen molar-refractivity contribution in [2.24, 2.45) is 0 Å². The minimum Gasteiger partial charge on any atom is -0.461 e. The van der Waals surface area contributed by atoms with Crippen LogP contribution >= 0.6 is 0 Å². The summed E-state index contributed by atoms with van der Waals surface area (Å²) < 4.78 is 46.8. The summed E-state index contributed by atoms with van der Waals surface area (Å²) in [6, 6.07) is 5.38. The number of nitrogens with zero attached hydrogens (tertiary/aromatic N) is 3. The Morgan fingerprint density at radius 3 is 2.33 bits per heavy atom. The molecule has 3 rings (SSSR count). The van der Waals surface area contributed by atoms with Crippen molar-refractivity contribution in [3.63, 3.8) is 0 Å². The number of rotatable bonds is 6. The van der Waals surface area contributed by atoms with Crippen molar-refractivity contribution < 1.29 is 27.6 Å². The van der Waals surface area contributed by atoms with Gasteiger partial charge in [-0.2, -0.15) is 0 Å². The van der Waals surface area contributed by atoms with Gasteiger partial charge in [0.05, 0.1) is 30.6 Å². The van der Waals surface area contributed by atoms with Crippen LogP contribution in [0.25, 0.3) is 5.57 Å². The predicted molar refractivity (Wildman–Crippen MR) is 106 cm³/mol. The molecule has 1 fully saturated rings. The molecule has 0 atom stereocenters. The summed E-state index contributed by atoms with van der Waals surface area (Å²) in [6.07, 6.45) is 1.36. The van der Waals surface area contributed by atoms with Crippen molar-refractivity contribution in [1.29, 1.82) is 0 Å². The molecule has 1 aliphatic rings. The Balaban J connectivity index is 1.97. The number of esters is 1. The number of aromatic nitrogens is 3. The number of carbonyl (C=O) groups is 1. The van der Waals surface area contributed by atoms with Crippen LogP contribution in [0.5, 0.6) is 0 Å². The van der Waals surface area contributed by atoms with E-state index in [2.05, 4.69) is 10.3 Å². The molecule has 2 aromatic rings. The number of allylic oxidation sites excluding steroid dienone is 1. The highest BCUT2D eigenvalue weighted by molar-refractivity contribution is 6.55. The Bertz CT molecular complexity index is 941. The zero-order chi connectivity index (χ0) is 22.1. The van der Waals surface area contributed by atoms with E-state index in [-0.39, 0.29) is 24.4 Å². The van der Waals surface area contributed by atoms with Gasteiger partial charge < -0.3 is 14.0 Å². The third-order valence-electron chi connectivity index (χ3n) is 5.28. The van der Waals surface area contributed by atoms with E-state index in [1.54, 1.807) is 6.92 Å². The van der Waals surface area contributed by atoms with Gasteiger partial charge in [-0.05, 0) is 52.3 Å². The van der Waals surface area contributed by atoms with Crippen LogP contribution in [-0.4, -0.2) is 45.9 Å². The van der Waals surface area contributed by atoms with Crippen LogP contribution in [0.1, 0.15) is 50.7 Å². The van der Waals surface area contributed by atoms with Crippen LogP contribution in [0.15, 0.2) is 36.2 Å². The fourth-order valence-electron chi connectivity index (χ4n) is 2.88. The molecule has 0 unspecified atom stereocenters. The SMILES string of the molecule is CCOC(=O)c1cn(CC(=C(F)B2OC(C)(C)C(C)(C)O2)c2ccc(F)cc2)nn1. The van der Waals surface area contributed by atoms with Gasteiger partial charge >= 0.3 is 13.1 Å². The maximum absolute atomic E-state index is 15.6. The first kappa shape index (κ1) is 22.1. The largest absolute Gasteiger partial charge is 0.525 e. The summed E-state index contributed by atoms with van der Waals surface area (Å²) in [5.41, 5.74) is -1.51. The summed E-state index contributed by atoms with van der Waals surface area (Å²) >= 11 is 0. The van der Waals surface area contributed by atoms with Crippen molar-refractivity contribution in [1.82, 2.24) is 15.0 Å². The normalized spacial score (nSPS) is 18.3. The number of hydrogen-bond acceptors (Lipinski definition) is 6. The average Bonchev–Trinajstić information content (AvgIpc) is 3.22. The summed E-state index contributed by atoms with van der Waals surface area (Å²) in [5.74, 6) is -1.07. The van der Waals surface area contributed by atoms with E-state index in [9.17, 15) is 9.18 Å². The van der Waals surface area contributed by atoms with Gasteiger partial charge in [-0.15, -0.1) is 5.10 Å². The Kier molecular flexibility index (Phi) is 6.10. The molecular formula is C20H24BF2N3O4. The van der Waals surface area contributed by atoms with E-state index in [0.717, 1.165) is 0 Å². The lowest BCUT2D eigenvalue weighted by Crippen LogP contribution is -2.41. The molecule has 1 aromatic heterocycles. The molecule has 0 bridgehead atoms. The molecule has 1 aliphatic heterocycles. The van der Waals surface area contributed by atoms with Gasteiger partial charge in [-0.1, -0.05) is 17.3 Å². The van der Waals surface area contributed by atoms with Crippen LogP contribution in [0.4, 0.5) is 8.78 Å². The van der Waals surface area contributed by atoms with Crippen molar-refractivity contribution >= 4 is 18.7 Å². The lowest BCUT2D eigenvalue weighted by Gasteiger charge is -2.32. The lowest BCUT2D eigenvalue weighted by atomic mass is 9.82. The van der Waals surface area contributed by atoms with Crippen LogP contribution in [-0.2, 0) is 20.6 Å². The Morgan fingerprint density at radius 1 is 1.17 bits per heavy atom. The monoisotopic (exact) mass is 419 g/mol. The molecule has 2 heterocycles. The van der Waals surface area contributed by atoms with Crippen LogP contribution in [0, 0.1) is 5.82 Å². The second-order valence-corrected chi connectivity index (χ2v) is 7.94. The van der Waals surface area contributed by atoms with Crippen molar-refractivity contribution in [3.05, 3.63) is 53.3 Å². The third-order valence-corrected chi connectivity index (χ3v) is 5.28. The third kappa shape index (κ3) is 4.44. The number of ether oxygens (including phenoxy) is 1. The van der Waals surface area contributed by atoms with Crippen molar-refractivity contribution in [2.75, 3.05) is 6.61 Å². The van der Waals surface area contributed by atoms with Gasteiger partial charge in [0.15, 0.2) is 5.69 Å². The molecule has 0 aliphatic carbocycles. The first-order valence-corrected chi connectivity index (χ1v) is 9.61. The fourth-order valence-corrected chi connectivity index (χ4v) is 2.88. The molecule has 0 amide bonds. The predicted octanol–water partition coefficient (Wildman–Crippen LogP) is 3.61. The molecule has 0 spiro atoms. The van der Waals surface area contributed by atoms with Crippen molar-refractivity contribution in [3.8, 4) is 0 Å². The zero-order valence-electron chi connectivity index (χ0n) is 17.6. The first-order chi connectivity index (χ1) is 14.0. The number of halogens is 2. The summed E-state index contributed by atoms with van der Waals surface area (Å²) in [4.78, 5) is 11.8. The standard InChI is InChI=1S/C20H24BF2N3O4/c1-6-28-18(27)16-12-26(25-24-16)11-15(13-7-9-14(22)10-8-13)17(23)21-29-19(2,3)20(4,5)30-21/h7-10,12H,6,11H2,1-5H3. The molecule has 10 heteroatoms. The quantitative estimate of drug-likeness (QED) is 0.526. The van der Waals surface area contributed by atoms with E-state index < -0.39 is 35.8 Å². The van der Waals surface area contributed by atoms with Crippen LogP contribution < -0.4 is 0 Å². The minimum absolute atomic E-state index is 0.00588. The van der Waals surface area contributed by atoms with E-state index in [4.69, 9.17) is 14.0 Å². The number of carbonyl (C=O) groups excluding carboxylic acids is 1. The second kappa shape index (κ2) is 8.27. The molecule has 160 valence electrons. The van der Waals surface area contributed by atoms with Crippen LogP contribution in [0.2, 0.25) is 0 Å². The molecular weight excluding hydrogens is 395 g/mol. The average molecular weight is 419 g/mol. The highest BCUT2D eigenvalue weighted by Gasteiger charge is 2.53. The number of benzene rings is 1. The van der Waals surface area contributed by atoms with E-state index in [1.807, 2.05) is 27.7 Å². The van der Waals surface area contributed by atoms with Gasteiger partial charge in [0.2, 0.25) is 0 Å². The molecule has 7 nitrogen and oxygen atoms in total. The highest BCUT2D eigenvalue weighted by atomic mass is 19.1. The topological polar surface area (TPSA) is 75.5 Å². The highest BCUT2D eigenvalue weighted by Crippen LogP contribution is 2.40. The molecule has 0 N–H and O–H groups in total. The minimum atomic E-state index is -1.23. The van der Waals surface area contributed by atoms with Gasteiger partial charge in [-0.25, -0.2) is 18.3 Å². The van der Waals surface area contributed by atoms with E-state index in [0.29, 0.717) is 5.56 Å². The zero-order valence-corrected chi connectivity index (χ0v) is 17.6. The Hall–Kier alpha value is -2.59. The van der Waals surface area contributed by atoms with E-state index >= 15 is 4.39 Å². The van der Waals surface area contributed by atoms with Crippen LogP contribution in [0.3, 0.4) is 0 Å². The maximum atomic E-state index is 15.6. The maximum Gasteiger partial charge on any atom is 0.525 e. The summed E-state index contributed by atoms with van der Waals surface area (Å²) in [7, 11) is -1.23. The number of hydrogen-bond donors (Lipinski definition) is 0. The molecule has 0 saturated carbocycles. The molecule has 1 aromatic carbocycles. The van der Waals surface area contributed by atoms with E-state index in [1.165, 1.54) is 35.1 Å². The Morgan fingerprint density at radius 2 is 1.77 bits per heavy atom.